The smallest absolute Gasteiger partial charge is 0.251 e. The fraction of sp³-hybridized carbons (Fsp3) is 0.118. The molecule has 2 nitrogen and oxygen atoms in total. The van der Waals surface area contributed by atoms with Crippen LogP contribution < -0.4 is 5.32 Å². The summed E-state index contributed by atoms with van der Waals surface area (Å²) in [5, 5.41) is 5.18. The second-order valence-corrected chi connectivity index (χ2v) is 4.90. The first-order chi connectivity index (χ1) is 9.15. The molecule has 1 heterocycles. The van der Waals surface area contributed by atoms with Gasteiger partial charge in [0, 0.05) is 17.7 Å². The van der Waals surface area contributed by atoms with Crippen LogP contribution in [0.2, 0.25) is 0 Å². The maximum absolute atomic E-state index is 11.8. The van der Waals surface area contributed by atoms with Gasteiger partial charge in [-0.05, 0) is 34.9 Å². The molecule has 0 fully saturated rings. The Bertz CT molecular complexity index is 725. The molecule has 0 atom stereocenters. The van der Waals surface area contributed by atoms with Gasteiger partial charge in [-0.25, -0.2) is 0 Å². The average Bonchev–Trinajstić information content (AvgIpc) is 2.42. The monoisotopic (exact) mass is 249 g/mol. The van der Waals surface area contributed by atoms with Gasteiger partial charge in [0.15, 0.2) is 0 Å². The highest BCUT2D eigenvalue weighted by atomic mass is 16.1. The van der Waals surface area contributed by atoms with Crippen LogP contribution in [0.1, 0.15) is 18.9 Å². The van der Waals surface area contributed by atoms with Crippen LogP contribution >= 0.6 is 0 Å². The summed E-state index contributed by atoms with van der Waals surface area (Å²) in [6, 6.07) is 14.6. The molecule has 3 rings (SSSR count). The molecular weight excluding hydrogens is 234 g/mol. The largest absolute Gasteiger partial charge is 0.326 e. The summed E-state index contributed by atoms with van der Waals surface area (Å²) >= 11 is 0. The lowest BCUT2D eigenvalue weighted by Crippen LogP contribution is -2.28. The zero-order chi connectivity index (χ0) is 13.4. The molecule has 0 saturated carbocycles. The minimum Gasteiger partial charge on any atom is -0.326 e. The topological polar surface area (TPSA) is 29.1 Å². The number of hydrogen-bond acceptors (Lipinski definition) is 1. The first-order valence-electron chi connectivity index (χ1n) is 6.33. The van der Waals surface area contributed by atoms with E-state index >= 15 is 0 Å². The zero-order valence-electron chi connectivity index (χ0n) is 10.9. The predicted molar refractivity (Wildman–Crippen MR) is 78.4 cm³/mol. The average molecular weight is 249 g/mol. The second kappa shape index (κ2) is 4.39. The molecule has 0 bridgehead atoms. The van der Waals surface area contributed by atoms with E-state index in [1.807, 2.05) is 19.1 Å². The summed E-state index contributed by atoms with van der Waals surface area (Å²) in [5.41, 5.74) is 3.72. The van der Waals surface area contributed by atoms with Crippen LogP contribution in [0.25, 0.3) is 16.3 Å². The molecule has 0 aromatic heterocycles. The lowest BCUT2D eigenvalue weighted by Gasteiger charge is -2.20. The van der Waals surface area contributed by atoms with Crippen molar-refractivity contribution in [2.45, 2.75) is 13.3 Å². The van der Waals surface area contributed by atoms with E-state index < -0.39 is 0 Å². The molecule has 1 N–H and O–H groups in total. The Morgan fingerprint density at radius 1 is 1.11 bits per heavy atom. The molecule has 0 saturated heterocycles. The summed E-state index contributed by atoms with van der Waals surface area (Å²) in [4.78, 5) is 11.8. The van der Waals surface area contributed by atoms with Crippen molar-refractivity contribution in [1.82, 2.24) is 5.32 Å². The maximum Gasteiger partial charge on any atom is 0.251 e. The van der Waals surface area contributed by atoms with E-state index in [9.17, 15) is 4.79 Å². The van der Waals surface area contributed by atoms with Gasteiger partial charge in [-0.2, -0.15) is 0 Å². The number of carbonyl (C=O) groups excluding carboxylic acids is 1. The Morgan fingerprint density at radius 3 is 2.63 bits per heavy atom. The van der Waals surface area contributed by atoms with E-state index in [-0.39, 0.29) is 5.91 Å². The number of fused-ring (bicyclic) bond motifs is 1. The Labute approximate surface area is 112 Å². The Kier molecular flexibility index (Phi) is 2.71. The number of rotatable bonds is 1. The molecule has 2 aromatic carbocycles. The highest BCUT2D eigenvalue weighted by Gasteiger charge is 2.19. The summed E-state index contributed by atoms with van der Waals surface area (Å²) in [5.74, 6) is -0.0422. The number of allylic oxidation sites excluding steroid dienone is 1. The molecular formula is C17H15NO. The lowest BCUT2D eigenvalue weighted by molar-refractivity contribution is -0.116. The van der Waals surface area contributed by atoms with Crippen molar-refractivity contribution < 1.29 is 4.79 Å². The summed E-state index contributed by atoms with van der Waals surface area (Å²) < 4.78 is 0. The molecule has 0 aliphatic carbocycles. The van der Waals surface area contributed by atoms with Crippen LogP contribution in [0.3, 0.4) is 0 Å². The highest BCUT2D eigenvalue weighted by molar-refractivity contribution is 6.04. The van der Waals surface area contributed by atoms with Gasteiger partial charge in [-0.1, -0.05) is 43.0 Å². The van der Waals surface area contributed by atoms with Crippen molar-refractivity contribution in [3.8, 4) is 0 Å². The van der Waals surface area contributed by atoms with Crippen molar-refractivity contribution in [2.24, 2.45) is 0 Å². The molecule has 2 heteroatoms. The molecule has 1 aliphatic rings. The third-order valence-electron chi connectivity index (χ3n) is 3.57. The van der Waals surface area contributed by atoms with Crippen molar-refractivity contribution >= 4 is 22.3 Å². The van der Waals surface area contributed by atoms with Gasteiger partial charge < -0.3 is 5.32 Å². The molecule has 94 valence electrons. The molecule has 1 aliphatic heterocycles. The van der Waals surface area contributed by atoms with E-state index in [0.717, 1.165) is 22.4 Å². The van der Waals surface area contributed by atoms with Gasteiger partial charge in [-0.3, -0.25) is 4.79 Å². The van der Waals surface area contributed by atoms with E-state index in [1.54, 1.807) is 0 Å². The van der Waals surface area contributed by atoms with Crippen molar-refractivity contribution in [3.05, 3.63) is 65.9 Å². The first-order valence-corrected chi connectivity index (χ1v) is 6.33. The summed E-state index contributed by atoms with van der Waals surface area (Å²) in [6.45, 7) is 5.74. The summed E-state index contributed by atoms with van der Waals surface area (Å²) in [7, 11) is 0. The SMILES string of the molecule is C=C1CC(c2ccc3ccccc3c2)=C(C)C(=O)N1. The number of hydrogen-bond donors (Lipinski definition) is 1. The van der Waals surface area contributed by atoms with Crippen LogP contribution in [0, 0.1) is 0 Å². The molecule has 1 amide bonds. The fourth-order valence-corrected chi connectivity index (χ4v) is 2.48. The van der Waals surface area contributed by atoms with E-state index in [2.05, 4.69) is 42.2 Å². The molecule has 0 spiro atoms. The van der Waals surface area contributed by atoms with E-state index in [0.29, 0.717) is 6.42 Å². The minimum absolute atomic E-state index is 0.0422. The third-order valence-corrected chi connectivity index (χ3v) is 3.57. The van der Waals surface area contributed by atoms with Gasteiger partial charge >= 0.3 is 0 Å². The quantitative estimate of drug-likeness (QED) is 0.821. The van der Waals surface area contributed by atoms with Gasteiger partial charge in [0.05, 0.1) is 0 Å². The van der Waals surface area contributed by atoms with Gasteiger partial charge in [0.25, 0.3) is 5.91 Å². The van der Waals surface area contributed by atoms with Crippen LogP contribution in [-0.4, -0.2) is 5.91 Å². The number of benzene rings is 2. The van der Waals surface area contributed by atoms with Gasteiger partial charge in [0.2, 0.25) is 0 Å². The van der Waals surface area contributed by atoms with Crippen molar-refractivity contribution in [1.29, 1.82) is 0 Å². The van der Waals surface area contributed by atoms with Crippen LogP contribution in [0.5, 0.6) is 0 Å². The molecule has 19 heavy (non-hydrogen) atoms. The van der Waals surface area contributed by atoms with Gasteiger partial charge in [-0.15, -0.1) is 0 Å². The Balaban J connectivity index is 2.16. The maximum atomic E-state index is 11.8. The van der Waals surface area contributed by atoms with Crippen molar-refractivity contribution in [3.63, 3.8) is 0 Å². The molecule has 2 aromatic rings. The lowest BCUT2D eigenvalue weighted by atomic mass is 9.92. The molecule has 0 unspecified atom stereocenters. The number of nitrogens with one attached hydrogen (secondary N) is 1. The number of amides is 1. The summed E-state index contributed by atoms with van der Waals surface area (Å²) in [6.07, 6.45) is 0.704. The second-order valence-electron chi connectivity index (χ2n) is 4.90. The Morgan fingerprint density at radius 2 is 1.84 bits per heavy atom. The first kappa shape index (κ1) is 11.7. The van der Waals surface area contributed by atoms with Crippen molar-refractivity contribution in [2.75, 3.05) is 0 Å². The zero-order valence-corrected chi connectivity index (χ0v) is 10.9. The van der Waals surface area contributed by atoms with E-state index in [1.165, 1.54) is 10.8 Å². The Hall–Kier alpha value is -2.35. The van der Waals surface area contributed by atoms with E-state index in [4.69, 9.17) is 0 Å². The standard InChI is InChI=1S/C17H15NO/c1-11-9-16(12(2)17(19)18-11)15-8-7-13-5-3-4-6-14(13)10-15/h3-8,10H,1,9H2,2H3,(H,18,19). The third kappa shape index (κ3) is 2.06. The van der Waals surface area contributed by atoms with Crippen LogP contribution in [0.4, 0.5) is 0 Å². The minimum atomic E-state index is -0.0422. The van der Waals surface area contributed by atoms with Crippen LogP contribution in [0.15, 0.2) is 60.3 Å². The van der Waals surface area contributed by atoms with Crippen LogP contribution in [-0.2, 0) is 4.79 Å². The molecule has 0 radical (unpaired) electrons. The van der Waals surface area contributed by atoms with Gasteiger partial charge in [0.1, 0.15) is 0 Å². The number of carbonyl (C=O) groups is 1. The fourth-order valence-electron chi connectivity index (χ4n) is 2.48. The highest BCUT2D eigenvalue weighted by Crippen LogP contribution is 2.30. The predicted octanol–water partition coefficient (Wildman–Crippen LogP) is 3.65. The normalized spacial score (nSPS) is 15.8.